The lowest BCUT2D eigenvalue weighted by Gasteiger charge is -2.32. The first-order valence-electron chi connectivity index (χ1n) is 7.98. The molecule has 3 saturated carbocycles. The highest BCUT2D eigenvalue weighted by molar-refractivity contribution is 5.92. The minimum absolute atomic E-state index is 0.141. The van der Waals surface area contributed by atoms with Crippen molar-refractivity contribution >= 4 is 5.91 Å². The molecule has 112 valence electrons. The predicted molar refractivity (Wildman–Crippen MR) is 77.8 cm³/mol. The maximum atomic E-state index is 12.3. The fourth-order valence-electron chi connectivity index (χ4n) is 5.10. The van der Waals surface area contributed by atoms with Crippen LogP contribution in [-0.2, 0) is 7.05 Å². The van der Waals surface area contributed by atoms with Crippen LogP contribution in [0.25, 0.3) is 0 Å². The van der Waals surface area contributed by atoms with Crippen LogP contribution >= 0.6 is 0 Å². The fourth-order valence-corrected chi connectivity index (χ4v) is 5.10. The smallest absolute Gasteiger partial charge is 0.271 e. The van der Waals surface area contributed by atoms with Gasteiger partial charge in [0.05, 0.1) is 0 Å². The SMILES string of the molecule is Cn1nc(C(=O)N[C@@H]2C[C@H]3C[C@H]2[C@H]2CCC[C@H]32)ccc1=O. The number of aryl methyl sites for hydroxylation is 1. The summed E-state index contributed by atoms with van der Waals surface area (Å²) in [6.45, 7) is 0. The Kier molecular flexibility index (Phi) is 2.91. The van der Waals surface area contributed by atoms with Gasteiger partial charge in [0.25, 0.3) is 11.5 Å². The van der Waals surface area contributed by atoms with Gasteiger partial charge >= 0.3 is 0 Å². The van der Waals surface area contributed by atoms with Crippen molar-refractivity contribution in [3.05, 3.63) is 28.2 Å². The molecule has 1 aromatic rings. The maximum absolute atomic E-state index is 12.3. The van der Waals surface area contributed by atoms with Gasteiger partial charge in [-0.25, -0.2) is 4.68 Å². The second-order valence-corrected chi connectivity index (χ2v) is 6.91. The summed E-state index contributed by atoms with van der Waals surface area (Å²) < 4.78 is 1.21. The fraction of sp³-hybridized carbons (Fsp3) is 0.688. The average Bonchev–Trinajstić information content (AvgIpc) is 3.13. The van der Waals surface area contributed by atoms with Crippen LogP contribution < -0.4 is 10.9 Å². The minimum atomic E-state index is -0.194. The maximum Gasteiger partial charge on any atom is 0.271 e. The number of carbonyl (C=O) groups excluding carboxylic acids is 1. The van der Waals surface area contributed by atoms with Gasteiger partial charge in [-0.05, 0) is 55.4 Å². The van der Waals surface area contributed by atoms with Crippen LogP contribution in [0.4, 0.5) is 0 Å². The largest absolute Gasteiger partial charge is 0.348 e. The van der Waals surface area contributed by atoms with Crippen molar-refractivity contribution in [1.82, 2.24) is 15.1 Å². The van der Waals surface area contributed by atoms with Gasteiger partial charge < -0.3 is 5.32 Å². The van der Waals surface area contributed by atoms with Gasteiger partial charge in [-0.3, -0.25) is 9.59 Å². The molecule has 5 nitrogen and oxygen atoms in total. The van der Waals surface area contributed by atoms with E-state index in [1.165, 1.54) is 42.5 Å². The molecule has 0 aliphatic heterocycles. The molecule has 1 aromatic heterocycles. The highest BCUT2D eigenvalue weighted by atomic mass is 16.2. The molecule has 1 heterocycles. The molecule has 1 amide bonds. The van der Waals surface area contributed by atoms with Crippen LogP contribution in [0.5, 0.6) is 0 Å². The third-order valence-corrected chi connectivity index (χ3v) is 5.94. The molecule has 1 N–H and O–H groups in total. The zero-order chi connectivity index (χ0) is 14.6. The summed E-state index contributed by atoms with van der Waals surface area (Å²) >= 11 is 0. The van der Waals surface area contributed by atoms with Gasteiger partial charge in [0.1, 0.15) is 5.69 Å². The van der Waals surface area contributed by atoms with Crippen LogP contribution in [0.3, 0.4) is 0 Å². The first-order valence-corrected chi connectivity index (χ1v) is 7.98. The second kappa shape index (κ2) is 4.68. The molecule has 0 aromatic carbocycles. The van der Waals surface area contributed by atoms with Gasteiger partial charge in [0.15, 0.2) is 0 Å². The van der Waals surface area contributed by atoms with Crippen LogP contribution in [0, 0.1) is 23.7 Å². The molecule has 5 heteroatoms. The lowest BCUT2D eigenvalue weighted by atomic mass is 9.79. The van der Waals surface area contributed by atoms with Crippen molar-refractivity contribution in [2.45, 2.75) is 38.1 Å². The number of fused-ring (bicyclic) bond motifs is 5. The van der Waals surface area contributed by atoms with E-state index in [4.69, 9.17) is 0 Å². The number of nitrogens with zero attached hydrogens (tertiary/aromatic N) is 2. The molecule has 3 aliphatic carbocycles. The Morgan fingerprint density at radius 3 is 2.86 bits per heavy atom. The van der Waals surface area contributed by atoms with Crippen LogP contribution in [0.2, 0.25) is 0 Å². The van der Waals surface area contributed by atoms with Crippen molar-refractivity contribution < 1.29 is 4.79 Å². The van der Waals surface area contributed by atoms with E-state index in [-0.39, 0.29) is 11.5 Å². The van der Waals surface area contributed by atoms with Crippen molar-refractivity contribution in [1.29, 1.82) is 0 Å². The summed E-state index contributed by atoms with van der Waals surface area (Å²) in [5, 5.41) is 7.20. The van der Waals surface area contributed by atoms with E-state index in [0.717, 1.165) is 24.2 Å². The number of carbonyl (C=O) groups is 1. The van der Waals surface area contributed by atoms with Crippen molar-refractivity contribution in [2.24, 2.45) is 30.7 Å². The summed E-state index contributed by atoms with van der Waals surface area (Å²) in [6, 6.07) is 3.22. The van der Waals surface area contributed by atoms with E-state index in [2.05, 4.69) is 10.4 Å². The van der Waals surface area contributed by atoms with Gasteiger partial charge in [0.2, 0.25) is 0 Å². The van der Waals surface area contributed by atoms with Gasteiger partial charge in [0, 0.05) is 19.2 Å². The Hall–Kier alpha value is -1.65. The highest BCUT2D eigenvalue weighted by Gasteiger charge is 2.54. The molecular formula is C16H21N3O2. The van der Waals surface area contributed by atoms with Gasteiger partial charge in [-0.1, -0.05) is 6.42 Å². The van der Waals surface area contributed by atoms with Gasteiger partial charge in [-0.2, -0.15) is 5.10 Å². The number of amides is 1. The topological polar surface area (TPSA) is 64.0 Å². The molecule has 0 spiro atoms. The highest BCUT2D eigenvalue weighted by Crippen LogP contribution is 2.58. The Morgan fingerprint density at radius 2 is 2.05 bits per heavy atom. The summed E-state index contributed by atoms with van der Waals surface area (Å²) in [5.41, 5.74) is 0.142. The zero-order valence-corrected chi connectivity index (χ0v) is 12.3. The standard InChI is InChI=1S/C16H21N3O2/c1-19-15(20)6-5-13(18-19)16(21)17-14-8-9-7-12(14)11-4-2-3-10(9)11/h5-6,9-12,14H,2-4,7-8H2,1H3,(H,17,21)/t9-,10-,11+,12+,14-/m1/s1. The van der Waals surface area contributed by atoms with E-state index in [1.807, 2.05) is 0 Å². The molecule has 3 fully saturated rings. The molecule has 4 rings (SSSR count). The Balaban J connectivity index is 1.48. The Morgan fingerprint density at radius 1 is 1.24 bits per heavy atom. The molecule has 0 radical (unpaired) electrons. The van der Waals surface area contributed by atoms with Gasteiger partial charge in [-0.15, -0.1) is 0 Å². The first kappa shape index (κ1) is 13.0. The Bertz CT molecular complexity index is 639. The quantitative estimate of drug-likeness (QED) is 0.892. The summed E-state index contributed by atoms with van der Waals surface area (Å²) in [4.78, 5) is 23.7. The van der Waals surface area contributed by atoms with E-state index in [1.54, 1.807) is 7.05 Å². The number of nitrogens with one attached hydrogen (secondary N) is 1. The number of hydrogen-bond donors (Lipinski definition) is 1. The summed E-state index contributed by atoms with van der Waals surface area (Å²) in [6.07, 6.45) is 6.53. The average molecular weight is 287 g/mol. The zero-order valence-electron chi connectivity index (χ0n) is 12.3. The molecule has 2 bridgehead atoms. The number of rotatable bonds is 2. The minimum Gasteiger partial charge on any atom is -0.348 e. The molecule has 0 saturated heterocycles. The van der Waals surface area contributed by atoms with E-state index >= 15 is 0 Å². The molecule has 5 atom stereocenters. The summed E-state index contributed by atoms with van der Waals surface area (Å²) in [7, 11) is 1.57. The van der Waals surface area contributed by atoms with E-state index < -0.39 is 0 Å². The third-order valence-electron chi connectivity index (χ3n) is 5.94. The molecule has 3 aliphatic rings. The van der Waals surface area contributed by atoms with Crippen molar-refractivity contribution in [2.75, 3.05) is 0 Å². The van der Waals surface area contributed by atoms with Crippen LogP contribution in [0.15, 0.2) is 16.9 Å². The number of hydrogen-bond acceptors (Lipinski definition) is 3. The normalized spacial score (nSPS) is 36.7. The van der Waals surface area contributed by atoms with E-state index in [0.29, 0.717) is 17.7 Å². The van der Waals surface area contributed by atoms with Crippen LogP contribution in [0.1, 0.15) is 42.6 Å². The van der Waals surface area contributed by atoms with Crippen LogP contribution in [-0.4, -0.2) is 21.7 Å². The third kappa shape index (κ3) is 2.01. The van der Waals surface area contributed by atoms with Crippen molar-refractivity contribution in [3.63, 3.8) is 0 Å². The lowest BCUT2D eigenvalue weighted by molar-refractivity contribution is 0.0893. The molecule has 0 unspecified atom stereocenters. The Labute approximate surface area is 123 Å². The monoisotopic (exact) mass is 287 g/mol. The first-order chi connectivity index (χ1) is 10.1. The van der Waals surface area contributed by atoms with E-state index in [9.17, 15) is 9.59 Å². The molecule has 21 heavy (non-hydrogen) atoms. The number of aromatic nitrogens is 2. The lowest BCUT2D eigenvalue weighted by Crippen LogP contribution is -2.43. The van der Waals surface area contributed by atoms with Crippen molar-refractivity contribution in [3.8, 4) is 0 Å². The summed E-state index contributed by atoms with van der Waals surface area (Å²) in [5.74, 6) is 3.11. The predicted octanol–water partition coefficient (Wildman–Crippen LogP) is 1.33. The molecular weight excluding hydrogens is 266 g/mol. The second-order valence-electron chi connectivity index (χ2n) is 6.91.